The number of nitrogens with zero attached hydrogens (tertiary/aromatic N) is 5. The minimum absolute atomic E-state index is 0.0616. The number of nitrogens with one attached hydrogen (secondary N) is 1. The van der Waals surface area contributed by atoms with Crippen molar-refractivity contribution in [2.24, 2.45) is 0 Å². The van der Waals surface area contributed by atoms with E-state index in [1.807, 2.05) is 84.6 Å². The molecule has 2 saturated heterocycles. The van der Waals surface area contributed by atoms with Crippen LogP contribution in [-0.4, -0.2) is 83.6 Å². The van der Waals surface area contributed by atoms with Crippen molar-refractivity contribution in [3.63, 3.8) is 0 Å². The molecular formula is C37H39FN6O3. The lowest BCUT2D eigenvalue weighted by Crippen LogP contribution is -2.66. The van der Waals surface area contributed by atoms with Gasteiger partial charge in [0.25, 0.3) is 0 Å². The van der Waals surface area contributed by atoms with Crippen LogP contribution >= 0.6 is 0 Å². The zero-order valence-corrected chi connectivity index (χ0v) is 26.7. The van der Waals surface area contributed by atoms with E-state index in [0.29, 0.717) is 13.0 Å². The van der Waals surface area contributed by atoms with Crippen molar-refractivity contribution in [1.29, 1.82) is 0 Å². The maximum absolute atomic E-state index is 14.3. The van der Waals surface area contributed by atoms with E-state index < -0.39 is 18.2 Å². The van der Waals surface area contributed by atoms with E-state index in [1.165, 1.54) is 17.1 Å². The van der Waals surface area contributed by atoms with Crippen molar-refractivity contribution in [1.82, 2.24) is 25.1 Å². The summed E-state index contributed by atoms with van der Waals surface area (Å²) in [5.74, 6) is -0.701. The zero-order chi connectivity index (χ0) is 33.1. The average molecular weight is 635 g/mol. The largest absolute Gasteiger partial charge is 0.378 e. The third-order valence-corrected chi connectivity index (χ3v) is 8.89. The highest BCUT2D eigenvalue weighted by Gasteiger charge is 2.52. The topological polar surface area (TPSA) is 79.4 Å². The molecule has 47 heavy (non-hydrogen) atoms. The normalized spacial score (nSPS) is 17.9. The molecule has 0 aromatic heterocycles. The second kappa shape index (κ2) is 13.6. The SMILES string of the molecule is C=CCN(C(=O)NCc1ccc(F)cc1)N1CC(=O)N2[C@@H](Cc3ccc(N(C)C)cc3)C(=O)N(Cc3cccc4ccccc34)C[C@@H]21. The third kappa shape index (κ3) is 6.69. The second-order valence-corrected chi connectivity index (χ2v) is 12.2. The molecule has 9 nitrogen and oxygen atoms in total. The average Bonchev–Trinajstić information content (AvgIpc) is 3.40. The molecule has 6 rings (SSSR count). The summed E-state index contributed by atoms with van der Waals surface area (Å²) >= 11 is 0. The van der Waals surface area contributed by atoms with Crippen LogP contribution in [0.25, 0.3) is 10.8 Å². The van der Waals surface area contributed by atoms with Gasteiger partial charge >= 0.3 is 6.03 Å². The van der Waals surface area contributed by atoms with Gasteiger partial charge in [0.15, 0.2) is 0 Å². The van der Waals surface area contributed by atoms with Gasteiger partial charge in [-0.25, -0.2) is 9.18 Å². The molecule has 1 N–H and O–H groups in total. The maximum Gasteiger partial charge on any atom is 0.332 e. The predicted octanol–water partition coefficient (Wildman–Crippen LogP) is 4.78. The van der Waals surface area contributed by atoms with Gasteiger partial charge in [-0.05, 0) is 51.7 Å². The number of hydrogen-bond acceptors (Lipinski definition) is 5. The lowest BCUT2D eigenvalue weighted by molar-refractivity contribution is -0.157. The zero-order valence-electron chi connectivity index (χ0n) is 26.7. The number of urea groups is 1. The third-order valence-electron chi connectivity index (χ3n) is 8.89. The Morgan fingerprint density at radius 2 is 1.66 bits per heavy atom. The molecule has 2 aliphatic heterocycles. The molecular weight excluding hydrogens is 595 g/mol. The Labute approximate surface area is 274 Å². The van der Waals surface area contributed by atoms with Crippen LogP contribution in [0.4, 0.5) is 14.9 Å². The highest BCUT2D eigenvalue weighted by Crippen LogP contribution is 2.31. The van der Waals surface area contributed by atoms with Crippen molar-refractivity contribution in [3.05, 3.63) is 126 Å². The van der Waals surface area contributed by atoms with Crippen LogP contribution in [0.5, 0.6) is 0 Å². The number of halogens is 1. The summed E-state index contributed by atoms with van der Waals surface area (Å²) in [6.45, 7) is 4.71. The number of anilines is 1. The molecule has 2 fully saturated rings. The molecule has 2 aliphatic rings. The maximum atomic E-state index is 14.3. The Balaban J connectivity index is 1.31. The molecule has 4 aromatic rings. The fourth-order valence-corrected chi connectivity index (χ4v) is 6.48. The van der Waals surface area contributed by atoms with Gasteiger partial charge < -0.3 is 20.0 Å². The summed E-state index contributed by atoms with van der Waals surface area (Å²) in [7, 11) is 3.94. The van der Waals surface area contributed by atoms with Crippen molar-refractivity contribution in [2.45, 2.75) is 31.7 Å². The Morgan fingerprint density at radius 3 is 2.38 bits per heavy atom. The molecule has 2 atom stereocenters. The van der Waals surface area contributed by atoms with Crippen LogP contribution in [0.3, 0.4) is 0 Å². The Hall–Kier alpha value is -5.22. The molecule has 0 radical (unpaired) electrons. The molecule has 0 unspecified atom stereocenters. The number of rotatable bonds is 10. The van der Waals surface area contributed by atoms with Gasteiger partial charge in [0.05, 0.1) is 19.6 Å². The van der Waals surface area contributed by atoms with Gasteiger partial charge in [-0.15, -0.1) is 6.58 Å². The Kier molecular flexibility index (Phi) is 9.22. The van der Waals surface area contributed by atoms with Crippen LogP contribution in [0.1, 0.15) is 16.7 Å². The van der Waals surface area contributed by atoms with Crippen LogP contribution in [0.2, 0.25) is 0 Å². The van der Waals surface area contributed by atoms with E-state index in [-0.39, 0.29) is 43.8 Å². The van der Waals surface area contributed by atoms with Crippen molar-refractivity contribution < 1.29 is 18.8 Å². The number of carbonyl (C=O) groups excluding carboxylic acids is 3. The highest BCUT2D eigenvalue weighted by atomic mass is 19.1. The van der Waals surface area contributed by atoms with Crippen LogP contribution in [0.15, 0.2) is 104 Å². The van der Waals surface area contributed by atoms with Gasteiger partial charge in [0.1, 0.15) is 18.0 Å². The number of piperazine rings is 1. The number of amides is 4. The van der Waals surface area contributed by atoms with Crippen LogP contribution < -0.4 is 10.2 Å². The predicted molar refractivity (Wildman–Crippen MR) is 181 cm³/mol. The summed E-state index contributed by atoms with van der Waals surface area (Å²) in [6.07, 6.45) is 1.38. The monoisotopic (exact) mass is 634 g/mol. The summed E-state index contributed by atoms with van der Waals surface area (Å²) in [5, 5.41) is 8.27. The molecule has 4 amide bonds. The number of hydrazine groups is 1. The van der Waals surface area contributed by atoms with E-state index >= 15 is 0 Å². The van der Waals surface area contributed by atoms with Crippen LogP contribution in [0, 0.1) is 5.82 Å². The standard InChI is InChI=1S/C37H39FN6O3/c1-4-20-42(37(47)39-22-27-12-16-30(38)17-13-27)43-25-35(45)44-33(21-26-14-18-31(19-15-26)40(2)3)36(46)41(24-34(43)44)23-29-10-7-9-28-8-5-6-11-32(28)29/h4-19,33-34H,1,20-25H2,2-3H3,(H,39,47)/t33-,34+/m0/s1. The first-order valence-corrected chi connectivity index (χ1v) is 15.7. The van der Waals surface area contributed by atoms with Gasteiger partial charge in [-0.3, -0.25) is 14.6 Å². The first kappa shape index (κ1) is 31.7. The number of hydrogen-bond donors (Lipinski definition) is 1. The molecule has 2 heterocycles. The van der Waals surface area contributed by atoms with Crippen LogP contribution in [-0.2, 0) is 29.1 Å². The van der Waals surface area contributed by atoms with Gasteiger partial charge in [-0.2, -0.15) is 5.01 Å². The minimum Gasteiger partial charge on any atom is -0.378 e. The van der Waals surface area contributed by atoms with Crippen molar-refractivity contribution >= 4 is 34.3 Å². The second-order valence-electron chi connectivity index (χ2n) is 12.2. The first-order chi connectivity index (χ1) is 22.7. The fourth-order valence-electron chi connectivity index (χ4n) is 6.48. The summed E-state index contributed by atoms with van der Waals surface area (Å²) < 4.78 is 13.4. The molecule has 0 bridgehead atoms. The first-order valence-electron chi connectivity index (χ1n) is 15.7. The van der Waals surface area contributed by atoms with Crippen molar-refractivity contribution in [3.8, 4) is 0 Å². The summed E-state index contributed by atoms with van der Waals surface area (Å²) in [6, 6.07) is 26.9. The highest BCUT2D eigenvalue weighted by molar-refractivity contribution is 5.92. The van der Waals surface area contributed by atoms with Gasteiger partial charge in [0, 0.05) is 39.3 Å². The Bertz CT molecular complexity index is 1770. The van der Waals surface area contributed by atoms with E-state index in [0.717, 1.165) is 33.2 Å². The molecule has 242 valence electrons. The van der Waals surface area contributed by atoms with E-state index in [2.05, 4.69) is 18.0 Å². The molecule has 0 aliphatic carbocycles. The number of fused-ring (bicyclic) bond motifs is 2. The molecule has 4 aromatic carbocycles. The fraction of sp³-hybridized carbons (Fsp3) is 0.270. The quantitative estimate of drug-likeness (QED) is 0.254. The van der Waals surface area contributed by atoms with Gasteiger partial charge in [-0.1, -0.05) is 72.8 Å². The minimum atomic E-state index is -0.751. The molecule has 10 heteroatoms. The van der Waals surface area contributed by atoms with E-state index in [1.54, 1.807) is 28.1 Å². The summed E-state index contributed by atoms with van der Waals surface area (Å²) in [4.78, 5) is 47.2. The van der Waals surface area contributed by atoms with Gasteiger partial charge in [0.2, 0.25) is 11.8 Å². The molecule has 0 saturated carbocycles. The summed E-state index contributed by atoms with van der Waals surface area (Å²) in [5.41, 5.74) is 3.72. The lowest BCUT2D eigenvalue weighted by Gasteiger charge is -2.46. The van der Waals surface area contributed by atoms with E-state index in [4.69, 9.17) is 0 Å². The lowest BCUT2D eigenvalue weighted by atomic mass is 9.98. The Morgan fingerprint density at radius 1 is 0.957 bits per heavy atom. The van der Waals surface area contributed by atoms with E-state index in [9.17, 15) is 18.8 Å². The number of benzene rings is 4. The molecule has 0 spiro atoms. The van der Waals surface area contributed by atoms with Crippen molar-refractivity contribution in [2.75, 3.05) is 38.6 Å². The number of carbonyl (C=O) groups is 3. The smallest absolute Gasteiger partial charge is 0.332 e.